The topological polar surface area (TPSA) is 43.4 Å². The van der Waals surface area contributed by atoms with Crippen LogP contribution in [0, 0.1) is 0 Å². The van der Waals surface area contributed by atoms with Gasteiger partial charge in [-0.15, -0.1) is 10.2 Å². The predicted octanol–water partition coefficient (Wildman–Crippen LogP) is 3.09. The number of fused-ring (bicyclic) bond motifs is 1. The van der Waals surface area contributed by atoms with Crippen molar-refractivity contribution in [3.63, 3.8) is 0 Å². The molecule has 0 saturated heterocycles. The van der Waals surface area contributed by atoms with Gasteiger partial charge >= 0.3 is 0 Å². The highest BCUT2D eigenvalue weighted by molar-refractivity contribution is 6.30. The molecule has 0 bridgehead atoms. The van der Waals surface area contributed by atoms with Gasteiger partial charge in [-0.1, -0.05) is 41.9 Å². The summed E-state index contributed by atoms with van der Waals surface area (Å²) < 4.78 is 5.93. The Bertz CT molecular complexity index is 861. The maximum atomic E-state index is 6.04. The molecule has 0 saturated carbocycles. The third-order valence-electron chi connectivity index (χ3n) is 4.75. The monoisotopic (exact) mass is 340 g/mol. The van der Waals surface area contributed by atoms with Crippen molar-refractivity contribution in [3.05, 3.63) is 70.6 Å². The van der Waals surface area contributed by atoms with E-state index in [4.69, 9.17) is 16.0 Å². The quantitative estimate of drug-likeness (QED) is 0.796. The van der Waals surface area contributed by atoms with Crippen LogP contribution in [0.5, 0.6) is 0 Å². The number of halogens is 1. The minimum Gasteiger partial charge on any atom is -0.415 e. The minimum atomic E-state index is 0.166. The maximum absolute atomic E-state index is 6.04. The molecule has 1 N–H and O–H groups in total. The van der Waals surface area contributed by atoms with E-state index in [0.717, 1.165) is 25.1 Å². The predicted molar refractivity (Wildman–Crippen MR) is 92.8 cm³/mol. The van der Waals surface area contributed by atoms with E-state index < -0.39 is 0 Å². The smallest absolute Gasteiger partial charge is 0.274 e. The van der Waals surface area contributed by atoms with Crippen LogP contribution in [0.1, 0.15) is 30.0 Å². The summed E-state index contributed by atoms with van der Waals surface area (Å²) in [5.74, 6) is 1.20. The second-order valence-electron chi connectivity index (χ2n) is 6.28. The molecule has 0 radical (unpaired) electrons. The fraction of sp³-hybridized carbons (Fsp3) is 0.263. The van der Waals surface area contributed by atoms with Crippen molar-refractivity contribution in [1.29, 1.82) is 0 Å². The zero-order chi connectivity index (χ0) is 16.5. The standard InChI is InChI=1S/C19H18ClN3O/c1-13(23-10-9-14-5-2-3-6-16(14)12-23)18-21-22-19(24-18)15-7-4-8-17(20)11-15/h2-8,11,13H,9-10,12H2,1H3/p+1/t13-/m1/s1. The van der Waals surface area contributed by atoms with Crippen molar-refractivity contribution in [3.8, 4) is 11.5 Å². The lowest BCUT2D eigenvalue weighted by molar-refractivity contribution is -0.946. The van der Waals surface area contributed by atoms with Gasteiger partial charge in [-0.3, -0.25) is 0 Å². The molecule has 2 heterocycles. The zero-order valence-corrected chi connectivity index (χ0v) is 14.3. The highest BCUT2D eigenvalue weighted by atomic mass is 35.5. The van der Waals surface area contributed by atoms with E-state index in [2.05, 4.69) is 41.4 Å². The molecule has 4 nitrogen and oxygen atoms in total. The van der Waals surface area contributed by atoms with Crippen molar-refractivity contribution in [2.75, 3.05) is 6.54 Å². The summed E-state index contributed by atoms with van der Waals surface area (Å²) in [5.41, 5.74) is 3.73. The molecular weight excluding hydrogens is 322 g/mol. The van der Waals surface area contributed by atoms with E-state index in [-0.39, 0.29) is 6.04 Å². The number of nitrogens with one attached hydrogen (secondary N) is 1. The molecule has 1 unspecified atom stereocenters. The summed E-state index contributed by atoms with van der Waals surface area (Å²) in [6, 6.07) is 16.3. The van der Waals surface area contributed by atoms with E-state index in [1.54, 1.807) is 0 Å². The van der Waals surface area contributed by atoms with E-state index in [1.807, 2.05) is 24.3 Å². The summed E-state index contributed by atoms with van der Waals surface area (Å²) in [7, 11) is 0. The normalized spacial score (nSPS) is 18.2. The molecule has 1 aliphatic rings. The summed E-state index contributed by atoms with van der Waals surface area (Å²) in [6.07, 6.45) is 1.09. The average Bonchev–Trinajstić information content (AvgIpc) is 3.11. The number of benzene rings is 2. The molecule has 5 heteroatoms. The Morgan fingerprint density at radius 1 is 1.08 bits per heavy atom. The Balaban J connectivity index is 1.55. The van der Waals surface area contributed by atoms with Crippen LogP contribution in [-0.2, 0) is 13.0 Å². The molecule has 0 amide bonds. The maximum Gasteiger partial charge on any atom is 0.274 e. The number of hydrogen-bond acceptors (Lipinski definition) is 3. The second-order valence-corrected chi connectivity index (χ2v) is 6.72. The molecule has 24 heavy (non-hydrogen) atoms. The third-order valence-corrected chi connectivity index (χ3v) is 4.98. The van der Waals surface area contributed by atoms with Gasteiger partial charge in [0.15, 0.2) is 6.04 Å². The molecule has 2 atom stereocenters. The molecule has 0 fully saturated rings. The number of nitrogens with zero attached hydrogens (tertiary/aromatic N) is 2. The summed E-state index contributed by atoms with van der Waals surface area (Å²) in [4.78, 5) is 1.45. The SMILES string of the molecule is C[C@H](c1nnc(-c2cccc(Cl)c2)o1)[NH+]1CCc2ccccc2C1. The third kappa shape index (κ3) is 2.95. The van der Waals surface area contributed by atoms with Gasteiger partial charge in [0.05, 0.1) is 6.54 Å². The van der Waals surface area contributed by atoms with Crippen LogP contribution in [-0.4, -0.2) is 16.7 Å². The molecule has 4 rings (SSSR count). The zero-order valence-electron chi connectivity index (χ0n) is 13.5. The molecule has 1 aromatic heterocycles. The second kappa shape index (κ2) is 6.38. The Morgan fingerprint density at radius 2 is 1.92 bits per heavy atom. The molecular formula is C19H19ClN3O+. The van der Waals surface area contributed by atoms with E-state index in [0.29, 0.717) is 16.8 Å². The molecule has 2 aromatic carbocycles. The first kappa shape index (κ1) is 15.4. The van der Waals surface area contributed by atoms with E-state index in [1.165, 1.54) is 16.0 Å². The number of hydrogen-bond donors (Lipinski definition) is 1. The largest absolute Gasteiger partial charge is 0.415 e. The molecule has 1 aliphatic heterocycles. The van der Waals surface area contributed by atoms with Crippen molar-refractivity contribution in [1.82, 2.24) is 10.2 Å². The van der Waals surface area contributed by atoms with Gasteiger partial charge in [-0.2, -0.15) is 0 Å². The Hall–Kier alpha value is -2.17. The lowest BCUT2D eigenvalue weighted by Crippen LogP contribution is -3.11. The highest BCUT2D eigenvalue weighted by Crippen LogP contribution is 2.23. The van der Waals surface area contributed by atoms with Crippen LogP contribution in [0.25, 0.3) is 11.5 Å². The van der Waals surface area contributed by atoms with Crippen LogP contribution in [0.2, 0.25) is 5.02 Å². The first-order chi connectivity index (χ1) is 11.7. The van der Waals surface area contributed by atoms with Gasteiger partial charge < -0.3 is 9.32 Å². The number of rotatable bonds is 3. The molecule has 0 aliphatic carbocycles. The van der Waals surface area contributed by atoms with Crippen molar-refractivity contribution in [2.24, 2.45) is 0 Å². The Morgan fingerprint density at radius 3 is 2.75 bits per heavy atom. The van der Waals surface area contributed by atoms with E-state index in [9.17, 15) is 0 Å². The van der Waals surface area contributed by atoms with Gasteiger partial charge in [0.25, 0.3) is 5.89 Å². The van der Waals surface area contributed by atoms with Crippen molar-refractivity contribution in [2.45, 2.75) is 25.9 Å². The van der Waals surface area contributed by atoms with Gasteiger partial charge in [0, 0.05) is 22.6 Å². The molecule has 122 valence electrons. The Kier molecular flexibility index (Phi) is 4.08. The first-order valence-electron chi connectivity index (χ1n) is 8.21. The lowest BCUT2D eigenvalue weighted by Gasteiger charge is -2.28. The Labute approximate surface area is 146 Å². The highest BCUT2D eigenvalue weighted by Gasteiger charge is 2.28. The van der Waals surface area contributed by atoms with E-state index >= 15 is 0 Å². The fourth-order valence-electron chi connectivity index (χ4n) is 3.29. The van der Waals surface area contributed by atoms with Crippen LogP contribution < -0.4 is 4.90 Å². The van der Waals surface area contributed by atoms with Gasteiger partial charge in [0.1, 0.15) is 6.54 Å². The average molecular weight is 341 g/mol. The summed E-state index contributed by atoms with van der Waals surface area (Å²) in [6.45, 7) is 4.22. The van der Waals surface area contributed by atoms with Gasteiger partial charge in [0.2, 0.25) is 5.89 Å². The summed E-state index contributed by atoms with van der Waals surface area (Å²) in [5, 5.41) is 9.14. The van der Waals surface area contributed by atoms with Crippen LogP contribution in [0.3, 0.4) is 0 Å². The number of aromatic nitrogens is 2. The minimum absolute atomic E-state index is 0.166. The van der Waals surface area contributed by atoms with Gasteiger partial charge in [-0.25, -0.2) is 0 Å². The van der Waals surface area contributed by atoms with Crippen LogP contribution in [0.15, 0.2) is 52.9 Å². The molecule has 0 spiro atoms. The van der Waals surface area contributed by atoms with Crippen molar-refractivity contribution >= 4 is 11.6 Å². The molecule has 3 aromatic rings. The van der Waals surface area contributed by atoms with Crippen LogP contribution >= 0.6 is 11.6 Å². The van der Waals surface area contributed by atoms with Gasteiger partial charge in [-0.05, 0) is 30.7 Å². The van der Waals surface area contributed by atoms with Crippen molar-refractivity contribution < 1.29 is 9.32 Å². The lowest BCUT2D eigenvalue weighted by atomic mass is 9.99. The first-order valence-corrected chi connectivity index (χ1v) is 8.59. The van der Waals surface area contributed by atoms with Crippen LogP contribution in [0.4, 0.5) is 0 Å². The summed E-state index contributed by atoms with van der Waals surface area (Å²) >= 11 is 6.04. The number of quaternary nitrogens is 1. The fourth-order valence-corrected chi connectivity index (χ4v) is 3.48.